The highest BCUT2D eigenvalue weighted by molar-refractivity contribution is 5.67. The summed E-state index contributed by atoms with van der Waals surface area (Å²) in [5, 5.41) is 104. The Morgan fingerprint density at radius 2 is 0.982 bits per heavy atom. The predicted octanol–water partition coefficient (Wildman–Crippen LogP) is -1.73. The molecule has 2 saturated carbocycles. The molecule has 6 saturated heterocycles. The number of carbonyl (C=O) groups is 1. The Kier molecular flexibility index (Phi) is 32.9. The van der Waals surface area contributed by atoms with Gasteiger partial charge in [0.2, 0.25) is 0 Å². The first-order valence-corrected chi connectivity index (χ1v) is 35.4. The van der Waals surface area contributed by atoms with E-state index in [1.807, 2.05) is 60.7 Å². The number of amides is 1. The van der Waals surface area contributed by atoms with Crippen molar-refractivity contribution in [3.63, 3.8) is 0 Å². The molecule has 2 aromatic carbocycles. The third-order valence-corrected chi connectivity index (χ3v) is 20.2. The number of azide groups is 5. The van der Waals surface area contributed by atoms with E-state index < -0.39 is 228 Å². The molecule has 2 aromatic rings. The van der Waals surface area contributed by atoms with Crippen LogP contribution in [0, 0.1) is 0 Å². The lowest BCUT2D eigenvalue weighted by Crippen LogP contribution is -2.66. The fourth-order valence-electron chi connectivity index (χ4n) is 14.5. The van der Waals surface area contributed by atoms with Crippen LogP contribution in [0.25, 0.3) is 52.2 Å². The first kappa shape index (κ1) is 86.1. The van der Waals surface area contributed by atoms with Crippen LogP contribution < -0.4 is 34.4 Å². The quantitative estimate of drug-likeness (QED) is 0.0235. The lowest BCUT2D eigenvalue weighted by Gasteiger charge is -2.46. The Morgan fingerprint density at radius 3 is 1.56 bits per heavy atom. The van der Waals surface area contributed by atoms with Crippen molar-refractivity contribution in [1.82, 2.24) is 4.90 Å². The summed E-state index contributed by atoms with van der Waals surface area (Å²) in [6, 6.07) is 10.7. The molecule has 46 heteroatoms. The van der Waals surface area contributed by atoms with Crippen LogP contribution in [0.1, 0.15) is 49.7 Å². The molecule has 6 heterocycles. The molecular weight excluding hydrogens is 1450 g/mol. The number of hydrogen-bond acceptors (Lipinski definition) is 35. The van der Waals surface area contributed by atoms with E-state index in [9.17, 15) is 67.8 Å². The minimum atomic E-state index is -1.83. The minimum absolute atomic E-state index is 0.00501. The van der Waals surface area contributed by atoms with Crippen LogP contribution in [-0.4, -0.2) is 314 Å². The predicted molar refractivity (Wildman–Crippen MR) is 370 cm³/mol. The third-order valence-electron chi connectivity index (χ3n) is 20.2. The third kappa shape index (κ3) is 21.3. The van der Waals surface area contributed by atoms with Crippen LogP contribution in [0.5, 0.6) is 0 Å². The van der Waals surface area contributed by atoms with Crippen molar-refractivity contribution in [2.45, 2.75) is 260 Å². The number of carbonyl (C=O) groups excluding carboxylic acids is 1. The Bertz CT molecular complexity index is 3420. The molecule has 0 aromatic heterocycles. The number of benzene rings is 2. The molecule has 20 N–H and O–H groups in total. The average molecular weight is 1550 g/mol. The zero-order chi connectivity index (χ0) is 78.6. The number of methoxy groups -OCH3 is 2. The number of nitrogens with zero attached hydrogens (tertiary/aromatic N) is 16. The highest BCUT2D eigenvalue weighted by Gasteiger charge is 2.58. The zero-order valence-electron chi connectivity index (χ0n) is 59.5. The van der Waals surface area contributed by atoms with Crippen molar-refractivity contribution < 1.29 is 117 Å². The summed E-state index contributed by atoms with van der Waals surface area (Å²) in [7, 11) is 2.74. The van der Waals surface area contributed by atoms with Gasteiger partial charge < -0.3 is 151 Å². The first-order valence-electron chi connectivity index (χ1n) is 35.4. The van der Waals surface area contributed by atoms with Gasteiger partial charge in [-0.1, -0.05) is 86.2 Å². The largest absolute Gasteiger partial charge is 0.445 e. The van der Waals surface area contributed by atoms with Gasteiger partial charge in [-0.3, -0.25) is 0 Å². The molecule has 604 valence electrons. The molecule has 2 aliphatic carbocycles. The van der Waals surface area contributed by atoms with Crippen molar-refractivity contribution in [2.75, 3.05) is 53.6 Å². The molecule has 0 unspecified atom stereocenters. The minimum Gasteiger partial charge on any atom is -0.445 e. The summed E-state index contributed by atoms with van der Waals surface area (Å²) in [6.07, 6.45) is -31.5. The molecule has 8 fully saturated rings. The Balaban J connectivity index is 0.000000284. The second-order valence-corrected chi connectivity index (χ2v) is 27.2. The smallest absolute Gasteiger partial charge is 0.410 e. The lowest BCUT2D eigenvalue weighted by molar-refractivity contribution is -0.291. The van der Waals surface area contributed by atoms with Gasteiger partial charge in [-0.2, -0.15) is 0 Å². The molecule has 0 spiro atoms. The van der Waals surface area contributed by atoms with Crippen molar-refractivity contribution in [3.8, 4) is 0 Å². The SMILES string of the molecule is CO[C@@H]1[C@@H](O[C@@H]2O[C@H](CO)[C@@H](O[C@H]3O[C@@H](CN)[C@@H](O)[C@H](O)[C@H]3N)[C@H]2O)[C@H](O[C@H]2O[C@H](CN)CC[C@H]2N)[C@@H](N)C[C@H]1N.CO[C@@H]1[C@@H](O[C@@H]2O[C@H](CO)[C@@H](O[C@H]3O[C@@H](CN=[N+]=[N-])[C@@H](O)[C@H](O)[C@H]3N=[N+]=[N-])[C@H]2O)[C@H](O[C@H]2O[C@H](CN(Cc3ccccc3)C(=O)OCc3ccccc3)CC[C@H]2N=[N+]=[N-])[C@@H](N=[N+]=[N-])C[C@H]1N=[N+]=[N-]. The number of aliphatic hydroxyl groups excluding tert-OH is 8. The van der Waals surface area contributed by atoms with Crippen LogP contribution in [0.2, 0.25) is 0 Å². The maximum atomic E-state index is 13.7. The Hall–Kier alpha value is -6.86. The van der Waals surface area contributed by atoms with Crippen molar-refractivity contribution in [3.05, 3.63) is 124 Å². The highest BCUT2D eigenvalue weighted by atomic mass is 16.8. The van der Waals surface area contributed by atoms with E-state index in [0.29, 0.717) is 32.2 Å². The second-order valence-electron chi connectivity index (χ2n) is 27.2. The van der Waals surface area contributed by atoms with Crippen LogP contribution in [0.3, 0.4) is 0 Å². The number of aliphatic hydroxyl groups is 8. The summed E-state index contributed by atoms with van der Waals surface area (Å²) < 4.78 is 90.0. The molecule has 109 heavy (non-hydrogen) atoms. The number of ether oxygens (including phenoxy) is 15. The Morgan fingerprint density at radius 1 is 0.477 bits per heavy atom. The van der Waals surface area contributed by atoms with E-state index >= 15 is 0 Å². The fraction of sp³-hybridized carbons (Fsp3) is 0.794. The highest BCUT2D eigenvalue weighted by Crippen LogP contribution is 2.40. The lowest BCUT2D eigenvalue weighted by atomic mass is 9.84. The summed E-state index contributed by atoms with van der Waals surface area (Å²) in [4.78, 5) is 29.4. The number of hydrogen-bond donors (Lipinski definition) is 14. The fourth-order valence-corrected chi connectivity index (χ4v) is 14.5. The van der Waals surface area contributed by atoms with Crippen molar-refractivity contribution in [1.29, 1.82) is 0 Å². The standard InChI is InChI=1S/C39H50N16O13.C24H48N6O11/c1-61-32-24(47-52-42)14-25(48-53-43)33(35(32)68-38-31(59)34(27(18-56)65-38)67-37-28(49-54-44)30(58)29(57)26(64-37)15-45-50-40)66-36-23(46-51-41)13-12-22(63-36)17-55(16-20-8-4-2-5-9-20)39(60)62-19-21-10-6-3-7-11-21;1-35-18-10(28)4-11(29)19(39-22-9(27)3-2-8(5-25)36-22)21(18)41-24-17(34)20(13(7-31)38-24)40-23-14(30)16(33)15(32)12(6-26)37-23/h2-11,22-38,56-59H,12-19H2,1H3;8-24,31-34H,2-7,25-30H2,1H3/t22-,23+,24+,25-,26-,27+,28+,29+,30+,31+,32-,33+,34+,35+,36+,37+,38-;8-,9+,10+,11-,12-,13+,14+,15+,16+,17+,18-,19+,20+,21+,22+,23+,24-/m00/s1. The zero-order valence-corrected chi connectivity index (χ0v) is 59.5. The molecule has 6 aliphatic heterocycles. The monoisotopic (exact) mass is 1550 g/mol. The van der Waals surface area contributed by atoms with Crippen LogP contribution in [-0.2, 0) is 84.2 Å². The van der Waals surface area contributed by atoms with E-state index in [0.717, 1.165) is 11.1 Å². The van der Waals surface area contributed by atoms with E-state index in [2.05, 4.69) is 50.1 Å². The van der Waals surface area contributed by atoms with Gasteiger partial charge in [0.15, 0.2) is 37.7 Å². The average Bonchev–Trinajstić information content (AvgIpc) is 1.72. The molecule has 34 atom stereocenters. The van der Waals surface area contributed by atoms with E-state index in [1.165, 1.54) is 19.1 Å². The molecule has 10 rings (SSSR count). The van der Waals surface area contributed by atoms with Crippen LogP contribution in [0.15, 0.2) is 86.2 Å². The summed E-state index contributed by atoms with van der Waals surface area (Å²) >= 11 is 0. The van der Waals surface area contributed by atoms with E-state index in [4.69, 9.17) is 111 Å². The maximum absolute atomic E-state index is 13.7. The van der Waals surface area contributed by atoms with Crippen molar-refractivity contribution >= 4 is 6.09 Å². The van der Waals surface area contributed by atoms with Crippen molar-refractivity contribution in [2.24, 2.45) is 60.0 Å². The van der Waals surface area contributed by atoms with Gasteiger partial charge in [-0.25, -0.2) is 4.79 Å². The number of nitrogens with two attached hydrogens (primary N) is 6. The molecule has 0 bridgehead atoms. The van der Waals surface area contributed by atoms with Crippen LogP contribution >= 0.6 is 0 Å². The van der Waals surface area contributed by atoms with E-state index in [-0.39, 0.29) is 45.2 Å². The topological polar surface area (TPSA) is 721 Å². The second kappa shape index (κ2) is 41.6. The molecule has 8 aliphatic rings. The maximum Gasteiger partial charge on any atom is 0.410 e. The first-order chi connectivity index (χ1) is 52.6. The Labute approximate surface area is 623 Å². The molecule has 46 nitrogen and oxygen atoms in total. The van der Waals surface area contributed by atoms with Gasteiger partial charge in [0.25, 0.3) is 0 Å². The van der Waals surface area contributed by atoms with Gasteiger partial charge in [-0.15, -0.1) is 0 Å². The van der Waals surface area contributed by atoms with Crippen LogP contribution in [0.4, 0.5) is 4.79 Å². The van der Waals surface area contributed by atoms with Gasteiger partial charge in [-0.05, 0) is 77.3 Å². The van der Waals surface area contributed by atoms with Gasteiger partial charge in [0, 0.05) is 70.5 Å². The normalized spacial score (nSPS) is 40.7. The van der Waals surface area contributed by atoms with Gasteiger partial charge >= 0.3 is 6.09 Å². The summed E-state index contributed by atoms with van der Waals surface area (Å²) in [6.45, 7) is -1.51. The van der Waals surface area contributed by atoms with Gasteiger partial charge in [0.1, 0.15) is 98.1 Å². The summed E-state index contributed by atoms with van der Waals surface area (Å²) in [5.74, 6) is 0. The molecular formula is C63H98N22O24. The van der Waals surface area contributed by atoms with Gasteiger partial charge in [0.05, 0.1) is 93.1 Å². The van der Waals surface area contributed by atoms with E-state index in [1.54, 1.807) is 0 Å². The number of rotatable bonds is 30. The molecule has 1 amide bonds. The molecule has 0 radical (unpaired) electrons. The summed E-state index contributed by atoms with van der Waals surface area (Å²) in [5.41, 5.74) is 85.1.